The van der Waals surface area contributed by atoms with E-state index < -0.39 is 23.4 Å². The number of hydrogen-bond donors (Lipinski definition) is 2. The van der Waals surface area contributed by atoms with Gasteiger partial charge in [-0.15, -0.1) is 0 Å². The molecule has 1 aromatic carbocycles. The minimum Gasteiger partial charge on any atom is -0.443 e. The van der Waals surface area contributed by atoms with Crippen molar-refractivity contribution in [3.63, 3.8) is 0 Å². The predicted octanol–water partition coefficient (Wildman–Crippen LogP) is 2.70. The van der Waals surface area contributed by atoms with E-state index in [1.165, 1.54) is 26.0 Å². The second kappa shape index (κ2) is 4.99. The van der Waals surface area contributed by atoms with Crippen LogP contribution in [0.3, 0.4) is 0 Å². The number of hydrogen-bond acceptors (Lipinski definition) is 3. The summed E-state index contributed by atoms with van der Waals surface area (Å²) in [6.45, 7) is 2.96. The van der Waals surface area contributed by atoms with Crippen LogP contribution >= 0.6 is 0 Å². The molecule has 0 spiro atoms. The van der Waals surface area contributed by atoms with Crippen LogP contribution in [0.1, 0.15) is 25.0 Å². The van der Waals surface area contributed by atoms with Gasteiger partial charge in [0, 0.05) is 12.1 Å². The quantitative estimate of drug-likeness (QED) is 0.833. The predicted molar refractivity (Wildman–Crippen MR) is 64.3 cm³/mol. The van der Waals surface area contributed by atoms with Crippen LogP contribution < -0.4 is 11.5 Å². The number of nitrogens with two attached hydrogens (primary N) is 2. The maximum atomic E-state index is 12.9. The van der Waals surface area contributed by atoms with E-state index >= 15 is 0 Å². The molecule has 1 amide bonds. The summed E-state index contributed by atoms with van der Waals surface area (Å²) in [4.78, 5) is 10.7. The lowest BCUT2D eigenvalue weighted by atomic mass is 9.94. The number of anilines is 1. The van der Waals surface area contributed by atoms with Crippen molar-refractivity contribution < 1.29 is 22.7 Å². The Kier molecular flexibility index (Phi) is 3.97. The van der Waals surface area contributed by atoms with Gasteiger partial charge in [0.15, 0.2) is 0 Å². The molecular formula is C12H15F3N2O2. The Balaban J connectivity index is 3.11. The highest BCUT2D eigenvalue weighted by Crippen LogP contribution is 2.35. The first-order valence-corrected chi connectivity index (χ1v) is 5.45. The molecule has 0 saturated heterocycles. The maximum Gasteiger partial charge on any atom is 0.416 e. The molecule has 0 fully saturated rings. The normalized spacial score (nSPS) is 12.3. The largest absolute Gasteiger partial charge is 0.443 e. The first kappa shape index (κ1) is 15.1. The van der Waals surface area contributed by atoms with Crippen LogP contribution in [0.25, 0.3) is 0 Å². The first-order chi connectivity index (χ1) is 8.51. The molecule has 4 N–H and O–H groups in total. The topological polar surface area (TPSA) is 78.3 Å². The van der Waals surface area contributed by atoms with Gasteiger partial charge in [0.2, 0.25) is 0 Å². The van der Waals surface area contributed by atoms with Gasteiger partial charge in [0.1, 0.15) is 5.60 Å². The van der Waals surface area contributed by atoms with Gasteiger partial charge in [0.25, 0.3) is 0 Å². The third-order valence-corrected chi connectivity index (χ3v) is 2.43. The van der Waals surface area contributed by atoms with Crippen LogP contribution in [0.15, 0.2) is 18.2 Å². The fourth-order valence-corrected chi connectivity index (χ4v) is 1.78. The molecule has 1 aromatic rings. The Morgan fingerprint density at radius 2 is 1.89 bits per heavy atom. The molecule has 19 heavy (non-hydrogen) atoms. The molecule has 0 aliphatic carbocycles. The standard InChI is InChI=1S/C12H15F3N2O2/c1-11(2,19-10(17)18)6-7-3-4-8(16)5-9(7)12(13,14)15/h3-5H,6,16H2,1-2H3,(H2,17,18). The van der Waals surface area contributed by atoms with Gasteiger partial charge in [-0.3, -0.25) is 0 Å². The van der Waals surface area contributed by atoms with E-state index in [2.05, 4.69) is 0 Å². The highest BCUT2D eigenvalue weighted by atomic mass is 19.4. The van der Waals surface area contributed by atoms with Gasteiger partial charge in [0.05, 0.1) is 5.56 Å². The molecule has 0 aliphatic rings. The van der Waals surface area contributed by atoms with E-state index in [0.717, 1.165) is 6.07 Å². The number of halogens is 3. The summed E-state index contributed by atoms with van der Waals surface area (Å²) in [5.74, 6) is 0. The van der Waals surface area contributed by atoms with Crippen molar-refractivity contribution in [3.8, 4) is 0 Å². The number of carbonyl (C=O) groups is 1. The Bertz CT molecular complexity index is 484. The van der Waals surface area contributed by atoms with E-state index in [1.807, 2.05) is 0 Å². The monoisotopic (exact) mass is 276 g/mol. The number of benzene rings is 1. The second-order valence-electron chi connectivity index (χ2n) is 4.77. The molecule has 1 rings (SSSR count). The summed E-state index contributed by atoms with van der Waals surface area (Å²) < 4.78 is 43.4. The fourth-order valence-electron chi connectivity index (χ4n) is 1.78. The van der Waals surface area contributed by atoms with Crippen molar-refractivity contribution in [1.82, 2.24) is 0 Å². The Morgan fingerprint density at radius 1 is 1.32 bits per heavy atom. The van der Waals surface area contributed by atoms with Crippen LogP contribution in [0.2, 0.25) is 0 Å². The third-order valence-electron chi connectivity index (χ3n) is 2.43. The lowest BCUT2D eigenvalue weighted by Crippen LogP contribution is -2.33. The number of rotatable bonds is 3. The van der Waals surface area contributed by atoms with Crippen LogP contribution in [0.4, 0.5) is 23.7 Å². The summed E-state index contributed by atoms with van der Waals surface area (Å²) in [5.41, 5.74) is 8.28. The zero-order valence-electron chi connectivity index (χ0n) is 10.5. The molecule has 0 aromatic heterocycles. The molecular weight excluding hydrogens is 261 g/mol. The van der Waals surface area contributed by atoms with Gasteiger partial charge in [-0.25, -0.2) is 4.79 Å². The lowest BCUT2D eigenvalue weighted by molar-refractivity contribution is -0.138. The van der Waals surface area contributed by atoms with E-state index in [4.69, 9.17) is 16.2 Å². The van der Waals surface area contributed by atoms with E-state index in [9.17, 15) is 18.0 Å². The summed E-state index contributed by atoms with van der Waals surface area (Å²) in [6, 6.07) is 3.49. The molecule has 0 radical (unpaired) electrons. The minimum absolute atomic E-state index is 0.00653. The highest BCUT2D eigenvalue weighted by Gasteiger charge is 2.35. The summed E-state index contributed by atoms with van der Waals surface area (Å²) in [7, 11) is 0. The maximum absolute atomic E-state index is 12.9. The van der Waals surface area contributed by atoms with Gasteiger partial charge >= 0.3 is 12.3 Å². The van der Waals surface area contributed by atoms with Crippen molar-refractivity contribution in [2.45, 2.75) is 32.0 Å². The van der Waals surface area contributed by atoms with Crippen LogP contribution in [-0.4, -0.2) is 11.7 Å². The molecule has 0 unspecified atom stereocenters. The Morgan fingerprint density at radius 3 is 2.37 bits per heavy atom. The number of carbonyl (C=O) groups excluding carboxylic acids is 1. The van der Waals surface area contributed by atoms with Crippen molar-refractivity contribution in [1.29, 1.82) is 0 Å². The van der Waals surface area contributed by atoms with Gasteiger partial charge in [-0.1, -0.05) is 6.07 Å². The van der Waals surface area contributed by atoms with Crippen molar-refractivity contribution in [2.24, 2.45) is 5.73 Å². The fraction of sp³-hybridized carbons (Fsp3) is 0.417. The first-order valence-electron chi connectivity index (χ1n) is 5.45. The molecule has 0 aliphatic heterocycles. The second-order valence-corrected chi connectivity index (χ2v) is 4.77. The van der Waals surface area contributed by atoms with E-state index in [1.54, 1.807) is 0 Å². The molecule has 0 atom stereocenters. The van der Waals surface area contributed by atoms with Crippen molar-refractivity contribution >= 4 is 11.8 Å². The molecule has 0 bridgehead atoms. The molecule has 106 valence electrons. The Labute approximate surface area is 108 Å². The number of primary amides is 1. The van der Waals surface area contributed by atoms with Crippen LogP contribution in [-0.2, 0) is 17.3 Å². The zero-order chi connectivity index (χ0) is 14.8. The molecule has 7 heteroatoms. The summed E-state index contributed by atoms with van der Waals surface area (Å²) in [6.07, 6.45) is -5.67. The van der Waals surface area contributed by atoms with E-state index in [-0.39, 0.29) is 17.7 Å². The number of ether oxygens (including phenoxy) is 1. The van der Waals surface area contributed by atoms with Gasteiger partial charge < -0.3 is 16.2 Å². The van der Waals surface area contributed by atoms with Gasteiger partial charge in [-0.05, 0) is 31.5 Å². The molecule has 0 heterocycles. The van der Waals surface area contributed by atoms with Crippen molar-refractivity contribution in [3.05, 3.63) is 29.3 Å². The number of amides is 1. The lowest BCUT2D eigenvalue weighted by Gasteiger charge is -2.25. The highest BCUT2D eigenvalue weighted by molar-refractivity contribution is 5.65. The number of alkyl halides is 3. The van der Waals surface area contributed by atoms with Crippen LogP contribution in [0.5, 0.6) is 0 Å². The Hall–Kier alpha value is -1.92. The summed E-state index contributed by atoms with van der Waals surface area (Å²) >= 11 is 0. The van der Waals surface area contributed by atoms with Crippen molar-refractivity contribution in [2.75, 3.05) is 5.73 Å². The van der Waals surface area contributed by atoms with Gasteiger partial charge in [-0.2, -0.15) is 13.2 Å². The minimum atomic E-state index is -4.52. The molecule has 4 nitrogen and oxygen atoms in total. The summed E-state index contributed by atoms with van der Waals surface area (Å²) in [5, 5.41) is 0. The average Bonchev–Trinajstić information content (AvgIpc) is 2.16. The SMILES string of the molecule is CC(C)(Cc1ccc(N)cc1C(F)(F)F)OC(N)=O. The smallest absolute Gasteiger partial charge is 0.416 e. The van der Waals surface area contributed by atoms with E-state index in [0.29, 0.717) is 0 Å². The van der Waals surface area contributed by atoms with Crippen LogP contribution in [0, 0.1) is 0 Å². The average molecular weight is 276 g/mol. The molecule has 0 saturated carbocycles. The third kappa shape index (κ3) is 4.35. The number of nitrogen functional groups attached to an aromatic ring is 1. The zero-order valence-corrected chi connectivity index (χ0v) is 10.5.